The molecule has 1 aromatic rings. The van der Waals surface area contributed by atoms with Crippen LogP contribution in [-0.2, 0) is 10.0 Å². The van der Waals surface area contributed by atoms with Crippen molar-refractivity contribution in [3.8, 4) is 0 Å². The van der Waals surface area contributed by atoms with Crippen LogP contribution in [0.3, 0.4) is 0 Å². The summed E-state index contributed by atoms with van der Waals surface area (Å²) in [7, 11) is -3.78. The molecule has 0 radical (unpaired) electrons. The molecule has 6 nitrogen and oxygen atoms in total. The third-order valence-electron chi connectivity index (χ3n) is 3.75. The molecule has 8 heteroatoms. The fourth-order valence-corrected chi connectivity index (χ4v) is 4.49. The summed E-state index contributed by atoms with van der Waals surface area (Å²) in [5.41, 5.74) is -0.00780. The van der Waals surface area contributed by atoms with Gasteiger partial charge in [0.2, 0.25) is 10.0 Å². The summed E-state index contributed by atoms with van der Waals surface area (Å²) in [6.45, 7) is 3.65. The van der Waals surface area contributed by atoms with E-state index in [-0.39, 0.29) is 16.0 Å². The summed E-state index contributed by atoms with van der Waals surface area (Å²) >= 11 is 5.78. The zero-order valence-corrected chi connectivity index (χ0v) is 13.4. The van der Waals surface area contributed by atoms with Crippen molar-refractivity contribution in [2.45, 2.75) is 44.0 Å². The van der Waals surface area contributed by atoms with Crippen molar-refractivity contribution in [1.82, 2.24) is 4.72 Å². The SMILES string of the molecule is Cc1cc(Cl)c([N+](=O)[O-])cc1S(=O)(=O)NC1CCC(C)C1. The summed E-state index contributed by atoms with van der Waals surface area (Å²) in [6.07, 6.45) is 2.55. The number of nitrogens with zero attached hydrogens (tertiary/aromatic N) is 1. The Labute approximate surface area is 128 Å². The maximum atomic E-state index is 12.4. The normalized spacial score (nSPS) is 22.4. The van der Waals surface area contributed by atoms with Gasteiger partial charge in [-0.15, -0.1) is 0 Å². The average Bonchev–Trinajstić information content (AvgIpc) is 2.72. The molecule has 116 valence electrons. The molecular formula is C13H17ClN2O4S. The molecule has 1 aliphatic carbocycles. The van der Waals surface area contributed by atoms with Gasteiger partial charge in [0.25, 0.3) is 5.69 Å². The van der Waals surface area contributed by atoms with Crippen molar-refractivity contribution in [3.63, 3.8) is 0 Å². The predicted molar refractivity (Wildman–Crippen MR) is 80.0 cm³/mol. The highest BCUT2D eigenvalue weighted by Gasteiger charge is 2.29. The zero-order valence-electron chi connectivity index (χ0n) is 11.8. The maximum absolute atomic E-state index is 12.4. The van der Waals surface area contributed by atoms with Gasteiger partial charge in [-0.3, -0.25) is 10.1 Å². The van der Waals surface area contributed by atoms with Gasteiger partial charge in [0.1, 0.15) is 5.02 Å². The lowest BCUT2D eigenvalue weighted by Crippen LogP contribution is -2.33. The summed E-state index contributed by atoms with van der Waals surface area (Å²) < 4.78 is 27.5. The highest BCUT2D eigenvalue weighted by Crippen LogP contribution is 2.31. The number of aryl methyl sites for hydroxylation is 1. The van der Waals surface area contributed by atoms with E-state index in [1.165, 1.54) is 6.07 Å². The predicted octanol–water partition coefficient (Wildman–Crippen LogP) is 3.02. The van der Waals surface area contributed by atoms with Gasteiger partial charge < -0.3 is 0 Å². The molecule has 1 aliphatic rings. The largest absolute Gasteiger partial charge is 0.289 e. The molecule has 0 spiro atoms. The quantitative estimate of drug-likeness (QED) is 0.678. The van der Waals surface area contributed by atoms with Gasteiger partial charge in [-0.25, -0.2) is 13.1 Å². The van der Waals surface area contributed by atoms with Gasteiger partial charge in [-0.2, -0.15) is 0 Å². The second-order valence-corrected chi connectivity index (χ2v) is 7.65. The minimum absolute atomic E-state index is 0.0639. The van der Waals surface area contributed by atoms with E-state index in [0.29, 0.717) is 11.5 Å². The van der Waals surface area contributed by atoms with Crippen molar-refractivity contribution >= 4 is 27.3 Å². The molecule has 1 aromatic carbocycles. The van der Waals surface area contributed by atoms with E-state index in [1.807, 2.05) is 0 Å². The molecule has 0 heterocycles. The summed E-state index contributed by atoms with van der Waals surface area (Å²) in [4.78, 5) is 10.1. The highest BCUT2D eigenvalue weighted by molar-refractivity contribution is 7.89. The van der Waals surface area contributed by atoms with Crippen molar-refractivity contribution in [3.05, 3.63) is 32.8 Å². The Balaban J connectivity index is 2.35. The van der Waals surface area contributed by atoms with Crippen LogP contribution in [0.25, 0.3) is 0 Å². The van der Waals surface area contributed by atoms with Crippen molar-refractivity contribution in [1.29, 1.82) is 0 Å². The van der Waals surface area contributed by atoms with Gasteiger partial charge in [0, 0.05) is 12.1 Å². The first-order chi connectivity index (χ1) is 9.70. The molecule has 2 rings (SSSR count). The lowest BCUT2D eigenvalue weighted by Gasteiger charge is -2.14. The fraction of sp³-hybridized carbons (Fsp3) is 0.538. The van der Waals surface area contributed by atoms with Crippen LogP contribution in [0.15, 0.2) is 17.0 Å². The molecular weight excluding hydrogens is 316 g/mol. The van der Waals surface area contributed by atoms with Crippen molar-refractivity contribution in [2.24, 2.45) is 5.92 Å². The van der Waals surface area contributed by atoms with Gasteiger partial charge >= 0.3 is 0 Å². The molecule has 2 unspecified atom stereocenters. The number of hydrogen-bond acceptors (Lipinski definition) is 4. The summed E-state index contributed by atoms with van der Waals surface area (Å²) in [5.74, 6) is 0.485. The minimum atomic E-state index is -3.78. The lowest BCUT2D eigenvalue weighted by atomic mass is 10.1. The van der Waals surface area contributed by atoms with Crippen molar-refractivity contribution in [2.75, 3.05) is 0 Å². The molecule has 0 aliphatic heterocycles. The van der Waals surface area contributed by atoms with Gasteiger partial charge in [0.05, 0.1) is 9.82 Å². The minimum Gasteiger partial charge on any atom is -0.258 e. The van der Waals surface area contributed by atoms with E-state index < -0.39 is 20.6 Å². The van der Waals surface area contributed by atoms with Crippen LogP contribution in [0.5, 0.6) is 0 Å². The number of sulfonamides is 1. The Morgan fingerprint density at radius 2 is 2.05 bits per heavy atom. The van der Waals surface area contributed by atoms with Crippen LogP contribution in [0.1, 0.15) is 31.7 Å². The number of rotatable bonds is 4. The maximum Gasteiger partial charge on any atom is 0.289 e. The fourth-order valence-electron chi connectivity index (χ4n) is 2.67. The van der Waals surface area contributed by atoms with Crippen LogP contribution in [0.4, 0.5) is 5.69 Å². The Hall–Kier alpha value is -1.18. The highest BCUT2D eigenvalue weighted by atomic mass is 35.5. The average molecular weight is 333 g/mol. The van der Waals surface area contributed by atoms with E-state index >= 15 is 0 Å². The number of benzene rings is 1. The van der Waals surface area contributed by atoms with Crippen molar-refractivity contribution < 1.29 is 13.3 Å². The first-order valence-electron chi connectivity index (χ1n) is 6.67. The van der Waals surface area contributed by atoms with Gasteiger partial charge in [0.15, 0.2) is 0 Å². The van der Waals surface area contributed by atoms with E-state index in [0.717, 1.165) is 25.3 Å². The second-order valence-electron chi connectivity index (χ2n) is 5.56. The topological polar surface area (TPSA) is 89.3 Å². The van der Waals surface area contributed by atoms with Crippen LogP contribution in [0.2, 0.25) is 5.02 Å². The molecule has 0 amide bonds. The molecule has 1 saturated carbocycles. The smallest absolute Gasteiger partial charge is 0.258 e. The monoisotopic (exact) mass is 332 g/mol. The Bertz CT molecular complexity index is 675. The number of halogens is 1. The van der Waals surface area contributed by atoms with Crippen LogP contribution in [-0.4, -0.2) is 19.4 Å². The standard InChI is InChI=1S/C13H17ClN2O4S/c1-8-3-4-10(5-8)15-21(19,20)13-7-12(16(17)18)11(14)6-9(13)2/h6-8,10,15H,3-5H2,1-2H3. The molecule has 21 heavy (non-hydrogen) atoms. The third-order valence-corrected chi connectivity index (χ3v) is 5.71. The molecule has 1 N–H and O–H groups in total. The van der Waals surface area contributed by atoms with Gasteiger partial charge in [-0.1, -0.05) is 18.5 Å². The Morgan fingerprint density at radius 1 is 1.38 bits per heavy atom. The van der Waals surface area contributed by atoms with E-state index in [9.17, 15) is 18.5 Å². The third kappa shape index (κ3) is 3.53. The molecule has 0 saturated heterocycles. The van der Waals surface area contributed by atoms with Crippen LogP contribution < -0.4 is 4.72 Å². The zero-order chi connectivity index (χ0) is 15.8. The molecule has 1 fully saturated rings. The van der Waals surface area contributed by atoms with E-state index in [1.54, 1.807) is 6.92 Å². The number of nitrogens with one attached hydrogen (secondary N) is 1. The molecule has 0 bridgehead atoms. The van der Waals surface area contributed by atoms with E-state index in [2.05, 4.69) is 11.6 Å². The van der Waals surface area contributed by atoms with Gasteiger partial charge in [-0.05, 0) is 43.7 Å². The lowest BCUT2D eigenvalue weighted by molar-refractivity contribution is -0.384. The molecule has 0 aromatic heterocycles. The number of nitro benzene ring substituents is 1. The first kappa shape index (κ1) is 16.2. The van der Waals surface area contributed by atoms with Crippen LogP contribution >= 0.6 is 11.6 Å². The van der Waals surface area contributed by atoms with E-state index in [4.69, 9.17) is 11.6 Å². The number of hydrogen-bond donors (Lipinski definition) is 1. The number of nitro groups is 1. The second kappa shape index (κ2) is 5.90. The summed E-state index contributed by atoms with van der Waals surface area (Å²) in [6, 6.07) is 2.23. The first-order valence-corrected chi connectivity index (χ1v) is 8.53. The molecule has 2 atom stereocenters. The Morgan fingerprint density at radius 3 is 2.57 bits per heavy atom. The summed E-state index contributed by atoms with van der Waals surface area (Å²) in [5, 5.41) is 10.8. The Kier molecular flexibility index (Phi) is 4.55. The van der Waals surface area contributed by atoms with Crippen LogP contribution in [0, 0.1) is 23.0 Å².